The number of esters is 1. The molecule has 2 aromatic carbocycles. The van der Waals surface area contributed by atoms with Gasteiger partial charge in [-0.1, -0.05) is 60.7 Å². The Kier molecular flexibility index (Phi) is 10.1. The highest BCUT2D eigenvalue weighted by atomic mass is 16.6. The Hall–Kier alpha value is -3.23. The molecular weight excluding hydrogens is 486 g/mol. The standard InChI is InChI=1S/C30H39NO7/c1-22(36-19-23-12-7-5-8-13-23)25(27(34)37-20-24-14-9-6-10-15-24)18-26(33)30(21-32)16-11-17-31(30)28(35)38-29(2,3)4/h5-10,12-15,22,25,32H,11,16-21H2,1-4H3/t22-,25+,30?/m1/s1. The molecule has 0 radical (unpaired) electrons. The summed E-state index contributed by atoms with van der Waals surface area (Å²) in [6, 6.07) is 18.8. The minimum atomic E-state index is -1.46. The molecule has 1 aliphatic heterocycles. The molecule has 3 rings (SSSR count). The van der Waals surface area contributed by atoms with Gasteiger partial charge in [-0.3, -0.25) is 14.5 Å². The maximum atomic E-state index is 13.8. The lowest BCUT2D eigenvalue weighted by Gasteiger charge is -2.37. The van der Waals surface area contributed by atoms with Crippen molar-refractivity contribution in [2.45, 2.75) is 77.4 Å². The number of carbonyl (C=O) groups excluding carboxylic acids is 3. The van der Waals surface area contributed by atoms with Gasteiger partial charge in [-0.15, -0.1) is 0 Å². The second-order valence-corrected chi connectivity index (χ2v) is 10.8. The Bertz CT molecular complexity index is 1070. The van der Waals surface area contributed by atoms with Crippen LogP contribution in [0.2, 0.25) is 0 Å². The number of ketones is 1. The first kappa shape index (κ1) is 29.3. The Balaban J connectivity index is 1.79. The van der Waals surface area contributed by atoms with E-state index in [9.17, 15) is 19.5 Å². The summed E-state index contributed by atoms with van der Waals surface area (Å²) in [5.41, 5.74) is -0.462. The molecule has 0 spiro atoms. The third-order valence-electron chi connectivity index (χ3n) is 6.74. The number of likely N-dealkylation sites (tertiary alicyclic amines) is 1. The van der Waals surface area contributed by atoms with Crippen LogP contribution in [0.4, 0.5) is 4.79 Å². The van der Waals surface area contributed by atoms with E-state index in [0.29, 0.717) is 6.42 Å². The van der Waals surface area contributed by atoms with Gasteiger partial charge < -0.3 is 19.3 Å². The third kappa shape index (κ3) is 7.65. The molecule has 0 aromatic heterocycles. The lowest BCUT2D eigenvalue weighted by molar-refractivity contribution is -0.159. The number of hydrogen-bond acceptors (Lipinski definition) is 7. The van der Waals surface area contributed by atoms with Crippen molar-refractivity contribution in [2.75, 3.05) is 13.2 Å². The lowest BCUT2D eigenvalue weighted by Crippen LogP contribution is -2.57. The van der Waals surface area contributed by atoms with Crippen molar-refractivity contribution in [3.05, 3.63) is 71.8 Å². The van der Waals surface area contributed by atoms with Gasteiger partial charge in [0, 0.05) is 13.0 Å². The van der Waals surface area contributed by atoms with Crippen LogP contribution >= 0.6 is 0 Å². The summed E-state index contributed by atoms with van der Waals surface area (Å²) in [5, 5.41) is 10.4. The number of carbonyl (C=O) groups is 3. The minimum absolute atomic E-state index is 0.0605. The number of hydrogen-bond donors (Lipinski definition) is 1. The lowest BCUT2D eigenvalue weighted by atomic mass is 9.84. The molecule has 0 aliphatic carbocycles. The van der Waals surface area contributed by atoms with Crippen LogP contribution < -0.4 is 0 Å². The molecule has 8 heteroatoms. The molecule has 1 heterocycles. The highest BCUT2D eigenvalue weighted by Crippen LogP contribution is 2.34. The molecule has 1 amide bonds. The molecule has 0 bridgehead atoms. The second-order valence-electron chi connectivity index (χ2n) is 10.8. The number of amides is 1. The minimum Gasteiger partial charge on any atom is -0.461 e. The zero-order valence-electron chi connectivity index (χ0n) is 22.7. The Morgan fingerprint density at radius 2 is 1.55 bits per heavy atom. The van der Waals surface area contributed by atoms with Crippen molar-refractivity contribution in [1.82, 2.24) is 4.90 Å². The molecule has 3 atom stereocenters. The van der Waals surface area contributed by atoms with Crippen LogP contribution in [-0.4, -0.2) is 58.2 Å². The highest BCUT2D eigenvalue weighted by molar-refractivity contribution is 5.95. The number of Topliss-reactive ketones (excluding diaryl/α,β-unsaturated/α-hetero) is 1. The highest BCUT2D eigenvalue weighted by Gasteiger charge is 2.51. The fraction of sp³-hybridized carbons (Fsp3) is 0.500. The van der Waals surface area contributed by atoms with Crippen LogP contribution in [0.3, 0.4) is 0 Å². The van der Waals surface area contributed by atoms with Crippen LogP contribution in [0.15, 0.2) is 60.7 Å². The first-order chi connectivity index (χ1) is 18.1. The van der Waals surface area contributed by atoms with E-state index >= 15 is 0 Å². The van der Waals surface area contributed by atoms with Crippen molar-refractivity contribution in [2.24, 2.45) is 5.92 Å². The predicted octanol–water partition coefficient (Wildman–Crippen LogP) is 4.67. The molecule has 8 nitrogen and oxygen atoms in total. The van der Waals surface area contributed by atoms with E-state index in [4.69, 9.17) is 14.2 Å². The summed E-state index contributed by atoms with van der Waals surface area (Å²) in [6.45, 7) is 7.01. The molecule has 38 heavy (non-hydrogen) atoms. The Morgan fingerprint density at radius 3 is 2.11 bits per heavy atom. The molecule has 1 fully saturated rings. The number of nitrogens with zero attached hydrogens (tertiary/aromatic N) is 1. The van der Waals surface area contributed by atoms with Crippen molar-refractivity contribution in [3.63, 3.8) is 0 Å². The maximum Gasteiger partial charge on any atom is 0.411 e. The van der Waals surface area contributed by atoms with Crippen molar-refractivity contribution in [1.29, 1.82) is 0 Å². The van der Waals surface area contributed by atoms with E-state index in [1.54, 1.807) is 27.7 Å². The van der Waals surface area contributed by atoms with Crippen molar-refractivity contribution >= 4 is 17.8 Å². The Labute approximate surface area is 224 Å². The van der Waals surface area contributed by atoms with Crippen molar-refractivity contribution < 1.29 is 33.7 Å². The summed E-state index contributed by atoms with van der Waals surface area (Å²) in [4.78, 5) is 41.3. The maximum absolute atomic E-state index is 13.8. The number of rotatable bonds is 11. The monoisotopic (exact) mass is 525 g/mol. The van der Waals surface area contributed by atoms with Crippen molar-refractivity contribution in [3.8, 4) is 0 Å². The van der Waals surface area contributed by atoms with E-state index in [1.807, 2.05) is 60.7 Å². The summed E-state index contributed by atoms with van der Waals surface area (Å²) in [7, 11) is 0. The summed E-state index contributed by atoms with van der Waals surface area (Å²) in [6.07, 6.45) is -0.742. The van der Waals surface area contributed by atoms with Crippen LogP contribution in [0.25, 0.3) is 0 Å². The predicted molar refractivity (Wildman–Crippen MR) is 142 cm³/mol. The quantitative estimate of drug-likeness (QED) is 0.425. The van der Waals surface area contributed by atoms with Gasteiger partial charge in [0.1, 0.15) is 17.7 Å². The van der Waals surface area contributed by atoms with Crippen LogP contribution in [-0.2, 0) is 37.0 Å². The number of benzene rings is 2. The zero-order chi connectivity index (χ0) is 27.8. The molecule has 0 saturated carbocycles. The zero-order valence-corrected chi connectivity index (χ0v) is 22.7. The SMILES string of the molecule is C[C@@H](OCc1ccccc1)[C@H](CC(=O)C1(CO)CCCN1C(=O)OC(C)(C)C)C(=O)OCc1ccccc1. The second kappa shape index (κ2) is 13.0. The molecular formula is C30H39NO7. The molecule has 2 aromatic rings. The molecule has 1 aliphatic rings. The van der Waals surface area contributed by atoms with Gasteiger partial charge in [0.2, 0.25) is 0 Å². The summed E-state index contributed by atoms with van der Waals surface area (Å²) >= 11 is 0. The van der Waals surface area contributed by atoms with Gasteiger partial charge in [0.25, 0.3) is 0 Å². The van der Waals surface area contributed by atoms with Gasteiger partial charge in [-0.05, 0) is 51.7 Å². The van der Waals surface area contributed by atoms with Crippen LogP contribution in [0.1, 0.15) is 58.1 Å². The Morgan fingerprint density at radius 1 is 0.974 bits per heavy atom. The number of ether oxygens (including phenoxy) is 3. The topological polar surface area (TPSA) is 102 Å². The fourth-order valence-corrected chi connectivity index (χ4v) is 4.59. The van der Waals surface area contributed by atoms with E-state index in [2.05, 4.69) is 0 Å². The molecule has 1 saturated heterocycles. The van der Waals surface area contributed by atoms with Gasteiger partial charge >= 0.3 is 12.1 Å². The van der Waals surface area contributed by atoms with E-state index in [-0.39, 0.29) is 32.6 Å². The first-order valence-corrected chi connectivity index (χ1v) is 13.1. The van der Waals surface area contributed by atoms with Gasteiger partial charge in [-0.25, -0.2) is 4.79 Å². The third-order valence-corrected chi connectivity index (χ3v) is 6.74. The molecule has 1 unspecified atom stereocenters. The molecule has 1 N–H and O–H groups in total. The summed E-state index contributed by atoms with van der Waals surface area (Å²) in [5.74, 6) is -1.92. The molecule has 206 valence electrons. The van der Waals surface area contributed by atoms with Crippen LogP contribution in [0, 0.1) is 5.92 Å². The largest absolute Gasteiger partial charge is 0.461 e. The van der Waals surface area contributed by atoms with E-state index < -0.39 is 47.6 Å². The van der Waals surface area contributed by atoms with Crippen LogP contribution in [0.5, 0.6) is 0 Å². The normalized spacial score (nSPS) is 19.0. The first-order valence-electron chi connectivity index (χ1n) is 13.1. The van der Waals surface area contributed by atoms with Gasteiger partial charge in [0.05, 0.1) is 25.2 Å². The average molecular weight is 526 g/mol. The fourth-order valence-electron chi connectivity index (χ4n) is 4.59. The van der Waals surface area contributed by atoms with Gasteiger partial charge in [-0.2, -0.15) is 0 Å². The van der Waals surface area contributed by atoms with Gasteiger partial charge in [0.15, 0.2) is 5.78 Å². The van der Waals surface area contributed by atoms with E-state index in [1.165, 1.54) is 4.90 Å². The summed E-state index contributed by atoms with van der Waals surface area (Å²) < 4.78 is 17.1. The number of aliphatic hydroxyl groups excluding tert-OH is 1. The number of aliphatic hydroxyl groups is 1. The van der Waals surface area contributed by atoms with E-state index in [0.717, 1.165) is 11.1 Å². The smallest absolute Gasteiger partial charge is 0.411 e. The average Bonchev–Trinajstić information content (AvgIpc) is 3.35.